The zero-order valence-corrected chi connectivity index (χ0v) is 12.6. The van der Waals surface area contributed by atoms with E-state index in [4.69, 9.17) is 10.2 Å². The van der Waals surface area contributed by atoms with E-state index in [2.05, 4.69) is 48.2 Å². The highest BCUT2D eigenvalue weighted by Gasteiger charge is 2.33. The molecule has 1 aliphatic heterocycles. The number of piperidine rings is 1. The van der Waals surface area contributed by atoms with Crippen LogP contribution in [0.1, 0.15) is 43.6 Å². The Morgan fingerprint density at radius 2 is 1.95 bits per heavy atom. The third-order valence-electron chi connectivity index (χ3n) is 4.46. The molecule has 3 atom stereocenters. The average Bonchev–Trinajstić information content (AvgIpc) is 3.03. The van der Waals surface area contributed by atoms with E-state index in [1.54, 1.807) is 6.26 Å². The molecule has 0 saturated carbocycles. The molecule has 1 aliphatic rings. The molecule has 112 valence electrons. The highest BCUT2D eigenvalue weighted by molar-refractivity contribution is 5.27. The Labute approximate surface area is 126 Å². The highest BCUT2D eigenvalue weighted by Crippen LogP contribution is 2.34. The number of hydrogen-bond acceptors (Lipinski definition) is 3. The first-order valence-electron chi connectivity index (χ1n) is 7.87. The van der Waals surface area contributed by atoms with Crippen LogP contribution >= 0.6 is 0 Å². The van der Waals surface area contributed by atoms with Crippen molar-refractivity contribution in [2.24, 2.45) is 5.73 Å². The lowest BCUT2D eigenvalue weighted by atomic mass is 9.92. The summed E-state index contributed by atoms with van der Waals surface area (Å²) in [7, 11) is 0. The lowest BCUT2D eigenvalue weighted by molar-refractivity contribution is 0.0881. The number of rotatable bonds is 4. The van der Waals surface area contributed by atoms with Crippen molar-refractivity contribution in [3.05, 3.63) is 60.1 Å². The van der Waals surface area contributed by atoms with Gasteiger partial charge in [-0.3, -0.25) is 4.90 Å². The van der Waals surface area contributed by atoms with Crippen molar-refractivity contribution in [2.75, 3.05) is 6.54 Å². The third-order valence-corrected chi connectivity index (χ3v) is 4.46. The number of furan rings is 1. The van der Waals surface area contributed by atoms with Crippen molar-refractivity contribution in [3.63, 3.8) is 0 Å². The third kappa shape index (κ3) is 3.04. The second kappa shape index (κ2) is 6.46. The lowest BCUT2D eigenvalue weighted by Crippen LogP contribution is -2.50. The Kier molecular flexibility index (Phi) is 4.42. The van der Waals surface area contributed by atoms with Gasteiger partial charge in [-0.05, 0) is 44.0 Å². The molecule has 2 aromatic rings. The van der Waals surface area contributed by atoms with Gasteiger partial charge in [0, 0.05) is 12.1 Å². The van der Waals surface area contributed by atoms with Crippen molar-refractivity contribution >= 4 is 0 Å². The molecule has 3 heteroatoms. The summed E-state index contributed by atoms with van der Waals surface area (Å²) >= 11 is 0. The topological polar surface area (TPSA) is 42.4 Å². The van der Waals surface area contributed by atoms with Crippen molar-refractivity contribution in [1.29, 1.82) is 0 Å². The minimum absolute atomic E-state index is 0.164. The largest absolute Gasteiger partial charge is 0.467 e. The summed E-state index contributed by atoms with van der Waals surface area (Å²) in [6.45, 7) is 3.19. The fourth-order valence-corrected chi connectivity index (χ4v) is 3.47. The summed E-state index contributed by atoms with van der Waals surface area (Å²) in [5, 5.41) is 0. The number of nitrogens with two attached hydrogens (primary N) is 1. The summed E-state index contributed by atoms with van der Waals surface area (Å²) in [6, 6.07) is 15.4. The maximum Gasteiger partial charge on any atom is 0.125 e. The molecule has 0 spiro atoms. The lowest BCUT2D eigenvalue weighted by Gasteiger charge is -2.42. The fraction of sp³-hybridized carbons (Fsp3) is 0.444. The van der Waals surface area contributed by atoms with Gasteiger partial charge in [-0.1, -0.05) is 36.8 Å². The van der Waals surface area contributed by atoms with E-state index in [1.165, 1.54) is 24.8 Å². The predicted molar refractivity (Wildman–Crippen MR) is 85.0 cm³/mol. The van der Waals surface area contributed by atoms with Gasteiger partial charge in [-0.2, -0.15) is 0 Å². The molecule has 1 aromatic carbocycles. The van der Waals surface area contributed by atoms with Crippen LogP contribution in [-0.4, -0.2) is 23.5 Å². The molecule has 2 N–H and O–H groups in total. The zero-order valence-electron chi connectivity index (χ0n) is 12.6. The molecule has 2 heterocycles. The van der Waals surface area contributed by atoms with Crippen LogP contribution in [0.3, 0.4) is 0 Å². The van der Waals surface area contributed by atoms with E-state index in [-0.39, 0.29) is 12.1 Å². The summed E-state index contributed by atoms with van der Waals surface area (Å²) in [5.41, 5.74) is 7.53. The maximum atomic E-state index is 6.25. The zero-order chi connectivity index (χ0) is 14.7. The summed E-state index contributed by atoms with van der Waals surface area (Å²) in [5.74, 6) is 1.01. The van der Waals surface area contributed by atoms with Crippen LogP contribution in [0.5, 0.6) is 0 Å². The van der Waals surface area contributed by atoms with Gasteiger partial charge in [-0.15, -0.1) is 0 Å². The van der Waals surface area contributed by atoms with Crippen LogP contribution in [0.15, 0.2) is 53.1 Å². The van der Waals surface area contributed by atoms with E-state index in [1.807, 2.05) is 6.07 Å². The average molecular weight is 284 g/mol. The predicted octanol–water partition coefficient (Wildman–Crippen LogP) is 3.57. The highest BCUT2D eigenvalue weighted by atomic mass is 16.3. The SMILES string of the molecule is CC(N)C1CCCCN1C(c1ccccc1)c1ccco1. The van der Waals surface area contributed by atoms with Crippen molar-refractivity contribution in [3.8, 4) is 0 Å². The first-order valence-corrected chi connectivity index (χ1v) is 7.87. The Morgan fingerprint density at radius 3 is 2.62 bits per heavy atom. The monoisotopic (exact) mass is 284 g/mol. The summed E-state index contributed by atoms with van der Waals surface area (Å²) in [4.78, 5) is 2.53. The van der Waals surface area contributed by atoms with Gasteiger partial charge in [0.05, 0.1) is 12.3 Å². The van der Waals surface area contributed by atoms with Gasteiger partial charge >= 0.3 is 0 Å². The molecule has 1 aromatic heterocycles. The van der Waals surface area contributed by atoms with Crippen molar-refractivity contribution in [2.45, 2.75) is 44.3 Å². The molecule has 3 nitrogen and oxygen atoms in total. The first kappa shape index (κ1) is 14.4. The Hall–Kier alpha value is -1.58. The molecule has 0 amide bonds. The summed E-state index contributed by atoms with van der Waals surface area (Å²) in [6.07, 6.45) is 5.42. The molecular weight excluding hydrogens is 260 g/mol. The molecule has 0 radical (unpaired) electrons. The smallest absolute Gasteiger partial charge is 0.125 e. The van der Waals surface area contributed by atoms with Crippen LogP contribution in [0, 0.1) is 0 Å². The maximum absolute atomic E-state index is 6.25. The number of benzene rings is 1. The molecule has 0 bridgehead atoms. The Morgan fingerprint density at radius 1 is 1.14 bits per heavy atom. The van der Waals surface area contributed by atoms with E-state index < -0.39 is 0 Å². The molecule has 21 heavy (non-hydrogen) atoms. The molecule has 1 saturated heterocycles. The standard InChI is InChI=1S/C18H24N2O/c1-14(19)16-10-5-6-12-20(16)18(17-11-7-13-21-17)15-8-3-2-4-9-15/h2-4,7-9,11,13-14,16,18H,5-6,10,12,19H2,1H3. The Balaban J connectivity index is 1.98. The normalized spacial score (nSPS) is 22.9. The van der Waals surface area contributed by atoms with Gasteiger partial charge in [0.1, 0.15) is 5.76 Å². The first-order chi connectivity index (χ1) is 10.3. The summed E-state index contributed by atoms with van der Waals surface area (Å²) < 4.78 is 5.75. The van der Waals surface area contributed by atoms with Gasteiger partial charge < -0.3 is 10.2 Å². The van der Waals surface area contributed by atoms with Crippen LogP contribution in [0.25, 0.3) is 0 Å². The van der Waals surface area contributed by atoms with Crippen molar-refractivity contribution < 1.29 is 4.42 Å². The van der Waals surface area contributed by atoms with E-state index in [9.17, 15) is 0 Å². The van der Waals surface area contributed by atoms with Crippen LogP contribution in [-0.2, 0) is 0 Å². The Bertz CT molecular complexity index is 536. The number of hydrogen-bond donors (Lipinski definition) is 1. The van der Waals surface area contributed by atoms with E-state index in [0.717, 1.165) is 12.3 Å². The number of likely N-dealkylation sites (tertiary alicyclic amines) is 1. The van der Waals surface area contributed by atoms with Gasteiger partial charge in [0.25, 0.3) is 0 Å². The second-order valence-corrected chi connectivity index (χ2v) is 5.99. The molecule has 3 rings (SSSR count). The van der Waals surface area contributed by atoms with Crippen LogP contribution < -0.4 is 5.73 Å². The van der Waals surface area contributed by atoms with E-state index >= 15 is 0 Å². The fourth-order valence-electron chi connectivity index (χ4n) is 3.47. The second-order valence-electron chi connectivity index (χ2n) is 5.99. The van der Waals surface area contributed by atoms with Gasteiger partial charge in [0.2, 0.25) is 0 Å². The van der Waals surface area contributed by atoms with Crippen LogP contribution in [0.2, 0.25) is 0 Å². The minimum Gasteiger partial charge on any atom is -0.467 e. The van der Waals surface area contributed by atoms with Gasteiger partial charge in [0.15, 0.2) is 0 Å². The minimum atomic E-state index is 0.164. The molecule has 0 aliphatic carbocycles. The molecule has 3 unspecified atom stereocenters. The quantitative estimate of drug-likeness (QED) is 0.933. The van der Waals surface area contributed by atoms with Gasteiger partial charge in [-0.25, -0.2) is 0 Å². The van der Waals surface area contributed by atoms with Crippen molar-refractivity contribution in [1.82, 2.24) is 4.90 Å². The van der Waals surface area contributed by atoms with E-state index in [0.29, 0.717) is 6.04 Å². The number of nitrogens with zero attached hydrogens (tertiary/aromatic N) is 1. The molecule has 1 fully saturated rings. The molecular formula is C18H24N2O. The van der Waals surface area contributed by atoms with Crippen LogP contribution in [0.4, 0.5) is 0 Å².